The molecule has 0 saturated carbocycles. The smallest absolute Gasteiger partial charge is 0.321 e. The van der Waals surface area contributed by atoms with Crippen LogP contribution in [0.25, 0.3) is 5.69 Å². The van der Waals surface area contributed by atoms with Crippen molar-refractivity contribution in [1.82, 2.24) is 25.6 Å². The molecule has 3 N–H and O–H groups in total. The van der Waals surface area contributed by atoms with Crippen LogP contribution in [0.3, 0.4) is 0 Å². The van der Waals surface area contributed by atoms with E-state index in [1.807, 2.05) is 0 Å². The van der Waals surface area contributed by atoms with Gasteiger partial charge >= 0.3 is 6.03 Å². The number of carbonyl (C=O) groups is 3. The fourth-order valence-electron chi connectivity index (χ4n) is 3.37. The van der Waals surface area contributed by atoms with Crippen molar-refractivity contribution < 1.29 is 19.3 Å². The first kappa shape index (κ1) is 20.7. The Hall–Kier alpha value is -4.61. The Kier molecular flexibility index (Phi) is 4.89. The van der Waals surface area contributed by atoms with E-state index < -0.39 is 28.3 Å². The van der Waals surface area contributed by atoms with Crippen molar-refractivity contribution in [2.24, 2.45) is 0 Å². The number of nitro benzene ring substituents is 1. The van der Waals surface area contributed by atoms with Crippen LogP contribution in [0.2, 0.25) is 0 Å². The summed E-state index contributed by atoms with van der Waals surface area (Å²) in [5, 5.41) is 26.3. The van der Waals surface area contributed by atoms with E-state index in [1.54, 1.807) is 44.2 Å². The van der Waals surface area contributed by atoms with Gasteiger partial charge in [0, 0.05) is 17.8 Å². The van der Waals surface area contributed by atoms with Crippen LogP contribution < -0.4 is 16.0 Å². The van der Waals surface area contributed by atoms with Crippen molar-refractivity contribution >= 4 is 29.2 Å². The number of hydrogen-bond donors (Lipinski definition) is 3. The van der Waals surface area contributed by atoms with Crippen LogP contribution in [0.15, 0.2) is 48.5 Å². The number of non-ortho nitro benzene ring substituents is 1. The van der Waals surface area contributed by atoms with Crippen molar-refractivity contribution in [3.05, 3.63) is 75.6 Å². The summed E-state index contributed by atoms with van der Waals surface area (Å²) >= 11 is 0. The number of nitrogens with one attached hydrogen (secondary N) is 3. The maximum Gasteiger partial charge on any atom is 0.322 e. The van der Waals surface area contributed by atoms with E-state index in [0.29, 0.717) is 22.6 Å². The Morgan fingerprint density at radius 3 is 2.62 bits per heavy atom. The molecule has 32 heavy (non-hydrogen) atoms. The van der Waals surface area contributed by atoms with E-state index in [-0.39, 0.29) is 11.4 Å². The molecule has 1 unspecified atom stereocenters. The zero-order valence-electron chi connectivity index (χ0n) is 16.9. The van der Waals surface area contributed by atoms with Crippen molar-refractivity contribution in [2.75, 3.05) is 5.32 Å². The van der Waals surface area contributed by atoms with Gasteiger partial charge in [0.15, 0.2) is 5.69 Å². The van der Waals surface area contributed by atoms with E-state index in [2.05, 4.69) is 26.3 Å². The summed E-state index contributed by atoms with van der Waals surface area (Å²) in [6.45, 7) is 3.17. The van der Waals surface area contributed by atoms with Gasteiger partial charge in [-0.3, -0.25) is 25.0 Å². The van der Waals surface area contributed by atoms with Gasteiger partial charge in [0.1, 0.15) is 5.54 Å². The highest BCUT2D eigenvalue weighted by Gasteiger charge is 2.43. The molecule has 4 amide bonds. The van der Waals surface area contributed by atoms with E-state index >= 15 is 0 Å². The molecule has 2 heterocycles. The van der Waals surface area contributed by atoms with Gasteiger partial charge in [-0.15, -0.1) is 5.10 Å². The molecule has 0 spiro atoms. The standard InChI is InChI=1S/C20H17N7O5/c1-11-16(24-25-26(11)14-7-4-8-15(10-14)27(31)32)17(28)21-13-6-3-5-12(9-13)20(2)18(29)22-19(30)23-20/h3-10H,1-2H3,(H,21,28)(H2,22,23,29,30). The lowest BCUT2D eigenvalue weighted by Crippen LogP contribution is -2.40. The minimum Gasteiger partial charge on any atom is -0.321 e. The molecule has 1 aliphatic heterocycles. The SMILES string of the molecule is Cc1c(C(=O)Nc2cccc(C3(C)NC(=O)NC3=O)c2)nnn1-c1cccc([N+](=O)[O-])c1. The Morgan fingerprint density at radius 1 is 1.19 bits per heavy atom. The van der Waals surface area contributed by atoms with E-state index in [0.717, 1.165) is 0 Å². The Bertz CT molecular complexity index is 1280. The van der Waals surface area contributed by atoms with Gasteiger partial charge < -0.3 is 10.6 Å². The molecule has 1 fully saturated rings. The van der Waals surface area contributed by atoms with Crippen LogP contribution in [0.4, 0.5) is 16.2 Å². The lowest BCUT2D eigenvalue weighted by Gasteiger charge is -2.21. The number of imide groups is 1. The Balaban J connectivity index is 1.58. The van der Waals surface area contributed by atoms with Crippen LogP contribution in [-0.4, -0.2) is 37.8 Å². The maximum absolute atomic E-state index is 12.8. The zero-order valence-corrected chi connectivity index (χ0v) is 16.9. The minimum absolute atomic E-state index is 0.0278. The molecule has 1 saturated heterocycles. The molecular weight excluding hydrogens is 418 g/mol. The molecule has 0 radical (unpaired) electrons. The van der Waals surface area contributed by atoms with Gasteiger partial charge in [-0.05, 0) is 37.6 Å². The number of nitrogens with zero attached hydrogens (tertiary/aromatic N) is 4. The number of urea groups is 1. The highest BCUT2D eigenvalue weighted by Crippen LogP contribution is 2.27. The van der Waals surface area contributed by atoms with Gasteiger partial charge in [0.2, 0.25) is 0 Å². The number of nitro groups is 1. The van der Waals surface area contributed by atoms with E-state index in [1.165, 1.54) is 22.9 Å². The molecule has 1 aromatic heterocycles. The second kappa shape index (κ2) is 7.58. The number of anilines is 1. The number of hydrogen-bond acceptors (Lipinski definition) is 7. The second-order valence-corrected chi connectivity index (χ2v) is 7.28. The van der Waals surface area contributed by atoms with Gasteiger partial charge in [-0.1, -0.05) is 23.4 Å². The van der Waals surface area contributed by atoms with Gasteiger partial charge in [-0.2, -0.15) is 0 Å². The average Bonchev–Trinajstić information content (AvgIpc) is 3.27. The Morgan fingerprint density at radius 2 is 1.94 bits per heavy atom. The van der Waals surface area contributed by atoms with Crippen LogP contribution in [0.5, 0.6) is 0 Å². The topological polar surface area (TPSA) is 161 Å². The van der Waals surface area contributed by atoms with Crippen molar-refractivity contribution in [3.8, 4) is 5.69 Å². The van der Waals surface area contributed by atoms with E-state index in [4.69, 9.17) is 0 Å². The van der Waals surface area contributed by atoms with Gasteiger partial charge in [0.25, 0.3) is 17.5 Å². The molecule has 0 aliphatic carbocycles. The summed E-state index contributed by atoms with van der Waals surface area (Å²) in [5.41, 5.74) is 0.285. The number of rotatable bonds is 5. The first-order chi connectivity index (χ1) is 15.2. The summed E-state index contributed by atoms with van der Waals surface area (Å²) in [6.07, 6.45) is 0. The summed E-state index contributed by atoms with van der Waals surface area (Å²) in [5.74, 6) is -1.05. The third kappa shape index (κ3) is 3.53. The summed E-state index contributed by atoms with van der Waals surface area (Å²) < 4.78 is 1.33. The first-order valence-electron chi connectivity index (χ1n) is 9.41. The third-order valence-electron chi connectivity index (χ3n) is 5.14. The molecule has 2 aromatic carbocycles. The Labute approximate surface area is 180 Å². The lowest BCUT2D eigenvalue weighted by atomic mass is 9.92. The molecular formula is C20H17N7O5. The number of aromatic nitrogens is 3. The normalized spacial score (nSPS) is 17.6. The lowest BCUT2D eigenvalue weighted by molar-refractivity contribution is -0.384. The fraction of sp³-hybridized carbons (Fsp3) is 0.150. The molecule has 1 atom stereocenters. The quantitative estimate of drug-likeness (QED) is 0.313. The predicted octanol–water partition coefficient (Wildman–Crippen LogP) is 1.79. The molecule has 3 aromatic rings. The van der Waals surface area contributed by atoms with Gasteiger partial charge in [-0.25, -0.2) is 9.48 Å². The molecule has 12 heteroatoms. The highest BCUT2D eigenvalue weighted by atomic mass is 16.6. The van der Waals surface area contributed by atoms with Crippen LogP contribution in [0, 0.1) is 17.0 Å². The summed E-state index contributed by atoms with van der Waals surface area (Å²) in [4.78, 5) is 47.0. The maximum atomic E-state index is 12.8. The van der Waals surface area contributed by atoms with Crippen LogP contribution in [0.1, 0.15) is 28.7 Å². The van der Waals surface area contributed by atoms with Crippen molar-refractivity contribution in [2.45, 2.75) is 19.4 Å². The van der Waals surface area contributed by atoms with Crippen molar-refractivity contribution in [3.63, 3.8) is 0 Å². The van der Waals surface area contributed by atoms with Crippen LogP contribution >= 0.6 is 0 Å². The molecule has 4 rings (SSSR count). The first-order valence-corrected chi connectivity index (χ1v) is 9.41. The van der Waals surface area contributed by atoms with E-state index in [9.17, 15) is 24.5 Å². The van der Waals surface area contributed by atoms with Crippen molar-refractivity contribution in [1.29, 1.82) is 0 Å². The molecule has 162 valence electrons. The highest BCUT2D eigenvalue weighted by molar-refractivity contribution is 6.07. The minimum atomic E-state index is -1.26. The largest absolute Gasteiger partial charge is 0.322 e. The summed E-state index contributed by atoms with van der Waals surface area (Å²) in [7, 11) is 0. The summed E-state index contributed by atoms with van der Waals surface area (Å²) in [6, 6.07) is 11.7. The molecule has 0 bridgehead atoms. The second-order valence-electron chi connectivity index (χ2n) is 7.28. The molecule has 1 aliphatic rings. The average molecular weight is 435 g/mol. The number of carbonyl (C=O) groups excluding carboxylic acids is 3. The van der Waals surface area contributed by atoms with Crippen LogP contribution in [-0.2, 0) is 10.3 Å². The van der Waals surface area contributed by atoms with Gasteiger partial charge in [0.05, 0.1) is 16.3 Å². The third-order valence-corrected chi connectivity index (χ3v) is 5.14. The number of benzene rings is 2. The monoisotopic (exact) mass is 435 g/mol. The molecule has 12 nitrogen and oxygen atoms in total. The number of amides is 4. The predicted molar refractivity (Wildman–Crippen MR) is 111 cm³/mol. The fourth-order valence-corrected chi connectivity index (χ4v) is 3.37. The zero-order chi connectivity index (χ0) is 23.0.